The first-order valence-electron chi connectivity index (χ1n) is 6.09. The summed E-state index contributed by atoms with van der Waals surface area (Å²) in [6.07, 6.45) is -1.12. The molecule has 1 rings (SSSR count). The van der Waals surface area contributed by atoms with Gasteiger partial charge in [0, 0.05) is 13.0 Å². The van der Waals surface area contributed by atoms with Crippen LogP contribution in [-0.2, 0) is 4.79 Å². The van der Waals surface area contributed by atoms with Crippen LogP contribution < -0.4 is 5.32 Å². The van der Waals surface area contributed by atoms with Crippen LogP contribution in [0.5, 0.6) is 0 Å². The highest BCUT2D eigenvalue weighted by atomic mass is 19.1. The average molecular weight is 271 g/mol. The van der Waals surface area contributed by atoms with Crippen LogP contribution in [0.15, 0.2) is 18.2 Å². The Bertz CT molecular complexity index is 435. The first-order chi connectivity index (χ1) is 8.70. The molecule has 0 aromatic heterocycles. The Labute approximate surface area is 111 Å². The number of halogens is 2. The molecule has 1 amide bonds. The third kappa shape index (κ3) is 4.95. The van der Waals surface area contributed by atoms with E-state index in [9.17, 15) is 18.7 Å². The number of rotatable bonds is 4. The summed E-state index contributed by atoms with van der Waals surface area (Å²) in [5.74, 6) is -1.90. The van der Waals surface area contributed by atoms with Gasteiger partial charge in [-0.3, -0.25) is 4.79 Å². The van der Waals surface area contributed by atoms with Gasteiger partial charge in [-0.2, -0.15) is 0 Å². The zero-order valence-electron chi connectivity index (χ0n) is 11.3. The van der Waals surface area contributed by atoms with Crippen LogP contribution >= 0.6 is 0 Å². The molecule has 0 radical (unpaired) electrons. The molecule has 1 unspecified atom stereocenters. The molecule has 106 valence electrons. The number of amides is 1. The summed E-state index contributed by atoms with van der Waals surface area (Å²) in [6.45, 7) is 5.49. The lowest BCUT2D eigenvalue weighted by molar-refractivity contribution is -0.123. The summed E-state index contributed by atoms with van der Waals surface area (Å²) in [7, 11) is 0. The maximum absolute atomic E-state index is 13.4. The zero-order valence-corrected chi connectivity index (χ0v) is 11.3. The van der Waals surface area contributed by atoms with Gasteiger partial charge in [0.25, 0.3) is 0 Å². The number of hydrogen-bond acceptors (Lipinski definition) is 2. The van der Waals surface area contributed by atoms with Gasteiger partial charge in [0.2, 0.25) is 5.91 Å². The summed E-state index contributed by atoms with van der Waals surface area (Å²) in [4.78, 5) is 11.6. The molecule has 0 aliphatic rings. The maximum atomic E-state index is 13.4. The van der Waals surface area contributed by atoms with Crippen LogP contribution in [0.25, 0.3) is 0 Å². The smallest absolute Gasteiger partial charge is 0.220 e. The van der Waals surface area contributed by atoms with Crippen LogP contribution in [0.4, 0.5) is 8.78 Å². The van der Waals surface area contributed by atoms with Gasteiger partial charge in [-0.1, -0.05) is 26.8 Å². The van der Waals surface area contributed by atoms with Crippen molar-refractivity contribution in [1.82, 2.24) is 5.32 Å². The zero-order chi connectivity index (χ0) is 14.6. The highest BCUT2D eigenvalue weighted by Gasteiger charge is 2.20. The standard InChI is InChI=1S/C14H19F2NO2/c1-14(2,3)7-12(19)17-8-11(18)13-9(15)5-4-6-10(13)16/h4-6,11,18H,7-8H2,1-3H3,(H,17,19). The third-order valence-corrected chi connectivity index (χ3v) is 2.52. The van der Waals surface area contributed by atoms with E-state index in [-0.39, 0.29) is 24.3 Å². The second-order valence-corrected chi connectivity index (χ2v) is 5.69. The van der Waals surface area contributed by atoms with Crippen molar-refractivity contribution >= 4 is 5.91 Å². The Hall–Kier alpha value is -1.49. The molecule has 5 heteroatoms. The SMILES string of the molecule is CC(C)(C)CC(=O)NCC(O)c1c(F)cccc1F. The molecular weight excluding hydrogens is 252 g/mol. The molecular formula is C14H19F2NO2. The number of aliphatic hydroxyl groups is 1. The van der Waals surface area contributed by atoms with Crippen molar-refractivity contribution in [2.75, 3.05) is 6.54 Å². The van der Waals surface area contributed by atoms with Gasteiger partial charge < -0.3 is 10.4 Å². The van der Waals surface area contributed by atoms with Gasteiger partial charge in [0.15, 0.2) is 0 Å². The van der Waals surface area contributed by atoms with E-state index in [1.165, 1.54) is 6.07 Å². The minimum absolute atomic E-state index is 0.182. The summed E-state index contributed by atoms with van der Waals surface area (Å²) < 4.78 is 26.8. The molecule has 0 aliphatic heterocycles. The van der Waals surface area contributed by atoms with Gasteiger partial charge in [-0.25, -0.2) is 8.78 Å². The summed E-state index contributed by atoms with van der Waals surface area (Å²) in [5, 5.41) is 12.2. The maximum Gasteiger partial charge on any atom is 0.220 e. The molecule has 0 bridgehead atoms. The van der Waals surface area contributed by atoms with Crippen molar-refractivity contribution < 1.29 is 18.7 Å². The highest BCUT2D eigenvalue weighted by Crippen LogP contribution is 2.21. The quantitative estimate of drug-likeness (QED) is 0.884. The van der Waals surface area contributed by atoms with E-state index in [1.54, 1.807) is 0 Å². The molecule has 1 atom stereocenters. The molecule has 3 nitrogen and oxygen atoms in total. The molecule has 0 aliphatic carbocycles. The van der Waals surface area contributed by atoms with Gasteiger partial charge in [0.1, 0.15) is 17.7 Å². The number of carbonyl (C=O) groups excluding carboxylic acids is 1. The van der Waals surface area contributed by atoms with E-state index in [2.05, 4.69) is 5.32 Å². The Morgan fingerprint density at radius 2 is 1.84 bits per heavy atom. The normalized spacial score (nSPS) is 13.2. The number of aliphatic hydroxyl groups excluding tert-OH is 1. The van der Waals surface area contributed by atoms with Crippen LogP contribution in [0.2, 0.25) is 0 Å². The molecule has 1 aromatic rings. The summed E-state index contributed by atoms with van der Waals surface area (Å²) in [5.41, 5.74) is -0.600. The Morgan fingerprint density at radius 3 is 2.32 bits per heavy atom. The molecule has 0 fully saturated rings. The van der Waals surface area contributed by atoms with E-state index in [1.807, 2.05) is 20.8 Å². The van der Waals surface area contributed by atoms with Crippen LogP contribution in [-0.4, -0.2) is 17.6 Å². The molecule has 0 heterocycles. The predicted octanol–water partition coefficient (Wildman–Crippen LogP) is 2.55. The lowest BCUT2D eigenvalue weighted by atomic mass is 9.92. The molecule has 0 spiro atoms. The lowest BCUT2D eigenvalue weighted by Gasteiger charge is -2.19. The topological polar surface area (TPSA) is 49.3 Å². The number of benzene rings is 1. The van der Waals surface area contributed by atoms with Crippen LogP contribution in [0.1, 0.15) is 38.9 Å². The molecule has 1 aromatic carbocycles. The van der Waals surface area contributed by atoms with E-state index < -0.39 is 23.3 Å². The fourth-order valence-corrected chi connectivity index (χ4v) is 1.69. The minimum atomic E-state index is -1.40. The van der Waals surface area contributed by atoms with E-state index in [0.29, 0.717) is 0 Å². The number of nitrogens with one attached hydrogen (secondary N) is 1. The summed E-state index contributed by atoms with van der Waals surface area (Å²) in [6, 6.07) is 3.36. The lowest BCUT2D eigenvalue weighted by Crippen LogP contribution is -2.31. The van der Waals surface area contributed by atoms with Crippen molar-refractivity contribution in [3.8, 4) is 0 Å². The van der Waals surface area contributed by atoms with Crippen molar-refractivity contribution in [1.29, 1.82) is 0 Å². The molecule has 2 N–H and O–H groups in total. The van der Waals surface area contributed by atoms with E-state index in [0.717, 1.165) is 12.1 Å². The van der Waals surface area contributed by atoms with Crippen molar-refractivity contribution in [2.45, 2.75) is 33.3 Å². The van der Waals surface area contributed by atoms with Gasteiger partial charge in [-0.05, 0) is 17.5 Å². The minimum Gasteiger partial charge on any atom is -0.386 e. The Kier molecular flexibility index (Phi) is 5.00. The molecule has 19 heavy (non-hydrogen) atoms. The number of carbonyl (C=O) groups is 1. The summed E-state index contributed by atoms with van der Waals surface area (Å²) >= 11 is 0. The largest absolute Gasteiger partial charge is 0.386 e. The fraction of sp³-hybridized carbons (Fsp3) is 0.500. The van der Waals surface area contributed by atoms with E-state index >= 15 is 0 Å². The average Bonchev–Trinajstić information content (AvgIpc) is 2.23. The van der Waals surface area contributed by atoms with Gasteiger partial charge in [0.05, 0.1) is 5.56 Å². The molecule has 0 saturated carbocycles. The second kappa shape index (κ2) is 6.10. The second-order valence-electron chi connectivity index (χ2n) is 5.69. The van der Waals surface area contributed by atoms with Crippen molar-refractivity contribution in [2.24, 2.45) is 5.41 Å². The number of hydrogen-bond donors (Lipinski definition) is 2. The van der Waals surface area contributed by atoms with Crippen LogP contribution in [0, 0.1) is 17.0 Å². The first kappa shape index (κ1) is 15.6. The fourth-order valence-electron chi connectivity index (χ4n) is 1.69. The molecule has 0 saturated heterocycles. The Morgan fingerprint density at radius 1 is 1.32 bits per heavy atom. The Balaban J connectivity index is 2.61. The first-order valence-corrected chi connectivity index (χ1v) is 6.09. The van der Waals surface area contributed by atoms with Gasteiger partial charge >= 0.3 is 0 Å². The van der Waals surface area contributed by atoms with Crippen LogP contribution in [0.3, 0.4) is 0 Å². The predicted molar refractivity (Wildman–Crippen MR) is 68.4 cm³/mol. The monoisotopic (exact) mass is 271 g/mol. The van der Waals surface area contributed by atoms with Crippen molar-refractivity contribution in [3.63, 3.8) is 0 Å². The highest BCUT2D eigenvalue weighted by molar-refractivity contribution is 5.76. The van der Waals surface area contributed by atoms with Gasteiger partial charge in [-0.15, -0.1) is 0 Å². The third-order valence-electron chi connectivity index (χ3n) is 2.52. The van der Waals surface area contributed by atoms with E-state index in [4.69, 9.17) is 0 Å². The van der Waals surface area contributed by atoms with Crippen molar-refractivity contribution in [3.05, 3.63) is 35.4 Å².